The van der Waals surface area contributed by atoms with Crippen molar-refractivity contribution in [3.05, 3.63) is 33.0 Å². The van der Waals surface area contributed by atoms with E-state index in [0.29, 0.717) is 0 Å². The molecule has 2 heterocycles. The summed E-state index contributed by atoms with van der Waals surface area (Å²) >= 11 is 3.69. The maximum atomic E-state index is 4.89. The van der Waals surface area contributed by atoms with Gasteiger partial charge in [-0.15, -0.1) is 22.7 Å². The minimum atomic E-state index is 0.758. The number of nitrogens with one attached hydrogen (secondary N) is 1. The van der Waals surface area contributed by atoms with Crippen molar-refractivity contribution in [2.75, 3.05) is 11.4 Å². The van der Waals surface area contributed by atoms with Crippen molar-refractivity contribution in [1.82, 2.24) is 10.3 Å². The van der Waals surface area contributed by atoms with Crippen LogP contribution in [0.2, 0.25) is 0 Å². The number of thiazole rings is 1. The van der Waals surface area contributed by atoms with E-state index in [1.807, 2.05) is 22.7 Å². The fourth-order valence-electron chi connectivity index (χ4n) is 2.35. The van der Waals surface area contributed by atoms with Gasteiger partial charge in [0.25, 0.3) is 0 Å². The maximum Gasteiger partial charge on any atom is 0.186 e. The van der Waals surface area contributed by atoms with Gasteiger partial charge in [-0.1, -0.05) is 13.0 Å². The molecule has 2 aromatic heterocycles. The van der Waals surface area contributed by atoms with Gasteiger partial charge in [0.05, 0.1) is 12.2 Å². The van der Waals surface area contributed by atoms with Crippen molar-refractivity contribution in [3.63, 3.8) is 0 Å². The smallest absolute Gasteiger partial charge is 0.186 e. The molecule has 0 bridgehead atoms. The summed E-state index contributed by atoms with van der Waals surface area (Å²) in [6, 6.07) is 5.09. The monoisotopic (exact) mass is 321 g/mol. The van der Waals surface area contributed by atoms with Gasteiger partial charge in [0.2, 0.25) is 0 Å². The van der Waals surface area contributed by atoms with Crippen LogP contribution in [-0.4, -0.2) is 17.6 Å². The molecule has 0 saturated heterocycles. The maximum absolute atomic E-state index is 4.89. The molecule has 1 aliphatic rings. The van der Waals surface area contributed by atoms with Gasteiger partial charge in [-0.2, -0.15) is 0 Å². The topological polar surface area (TPSA) is 28.2 Å². The largest absolute Gasteiger partial charge is 0.343 e. The highest BCUT2D eigenvalue weighted by Gasteiger charge is 2.22. The predicted molar refractivity (Wildman–Crippen MR) is 92.4 cm³/mol. The Kier molecular flexibility index (Phi) is 4.93. The predicted octanol–water partition coefficient (Wildman–Crippen LogP) is 4.05. The molecule has 0 radical (unpaired) electrons. The quantitative estimate of drug-likeness (QED) is 0.795. The first-order chi connectivity index (χ1) is 10.3. The third-order valence-electron chi connectivity index (χ3n) is 3.81. The molecule has 0 unspecified atom stereocenters. The van der Waals surface area contributed by atoms with E-state index in [2.05, 4.69) is 41.6 Å². The zero-order chi connectivity index (χ0) is 14.7. The lowest BCUT2D eigenvalue weighted by molar-refractivity contribution is 0.689. The van der Waals surface area contributed by atoms with Crippen molar-refractivity contribution >= 4 is 27.8 Å². The van der Waals surface area contributed by atoms with Gasteiger partial charge in [0.1, 0.15) is 0 Å². The van der Waals surface area contributed by atoms with E-state index < -0.39 is 0 Å². The van der Waals surface area contributed by atoms with Crippen LogP contribution < -0.4 is 10.2 Å². The standard InChI is InChI=1S/C16H23N3S2/c1-3-14-15(10-17-12-7-8-12)21-16(18-14)19(4-2)11-13-6-5-9-20-13/h5-6,9,12,17H,3-4,7-8,10-11H2,1-2H3. The van der Waals surface area contributed by atoms with Crippen LogP contribution in [0.1, 0.15) is 42.1 Å². The Morgan fingerprint density at radius 2 is 2.24 bits per heavy atom. The van der Waals surface area contributed by atoms with Crippen molar-refractivity contribution in [2.45, 2.75) is 52.2 Å². The molecule has 3 nitrogen and oxygen atoms in total. The Hall–Kier alpha value is -0.910. The van der Waals surface area contributed by atoms with Crippen LogP contribution in [0, 0.1) is 0 Å². The summed E-state index contributed by atoms with van der Waals surface area (Å²) in [6.45, 7) is 7.38. The molecule has 5 heteroatoms. The third kappa shape index (κ3) is 3.84. The van der Waals surface area contributed by atoms with Crippen molar-refractivity contribution in [3.8, 4) is 0 Å². The Bertz CT molecular complexity index is 558. The molecule has 0 spiro atoms. The SMILES string of the molecule is CCc1nc(N(CC)Cc2cccs2)sc1CNC1CC1. The summed E-state index contributed by atoms with van der Waals surface area (Å²) in [7, 11) is 0. The average Bonchev–Trinajstić information content (AvgIpc) is 3.02. The van der Waals surface area contributed by atoms with E-state index in [1.165, 1.54) is 33.4 Å². The van der Waals surface area contributed by atoms with Crippen molar-refractivity contribution in [2.24, 2.45) is 0 Å². The van der Waals surface area contributed by atoms with Crippen LogP contribution >= 0.6 is 22.7 Å². The number of aryl methyl sites for hydroxylation is 1. The lowest BCUT2D eigenvalue weighted by Gasteiger charge is -2.18. The summed E-state index contributed by atoms with van der Waals surface area (Å²) in [5.41, 5.74) is 1.27. The summed E-state index contributed by atoms with van der Waals surface area (Å²) in [5.74, 6) is 0. The van der Waals surface area contributed by atoms with E-state index >= 15 is 0 Å². The zero-order valence-electron chi connectivity index (χ0n) is 12.8. The number of thiophene rings is 1. The van der Waals surface area contributed by atoms with E-state index in [0.717, 1.165) is 32.1 Å². The molecule has 1 fully saturated rings. The molecule has 114 valence electrons. The van der Waals surface area contributed by atoms with E-state index in [4.69, 9.17) is 4.98 Å². The van der Waals surface area contributed by atoms with Gasteiger partial charge < -0.3 is 10.2 Å². The molecule has 0 aromatic carbocycles. The molecule has 21 heavy (non-hydrogen) atoms. The van der Waals surface area contributed by atoms with Crippen LogP contribution in [0.5, 0.6) is 0 Å². The summed E-state index contributed by atoms with van der Waals surface area (Å²) in [4.78, 5) is 10.1. The highest BCUT2D eigenvalue weighted by molar-refractivity contribution is 7.15. The third-order valence-corrected chi connectivity index (χ3v) is 5.83. The van der Waals surface area contributed by atoms with Gasteiger partial charge in [0, 0.05) is 28.9 Å². The Labute approximate surface area is 135 Å². The fourth-order valence-corrected chi connectivity index (χ4v) is 4.23. The van der Waals surface area contributed by atoms with E-state index in [1.54, 1.807) is 0 Å². The first-order valence-corrected chi connectivity index (χ1v) is 9.49. The first-order valence-electron chi connectivity index (χ1n) is 7.79. The molecule has 0 atom stereocenters. The number of anilines is 1. The van der Waals surface area contributed by atoms with Crippen LogP contribution in [0.25, 0.3) is 0 Å². The van der Waals surface area contributed by atoms with Crippen LogP contribution in [0.4, 0.5) is 5.13 Å². The molecule has 0 aliphatic heterocycles. The minimum absolute atomic E-state index is 0.758. The normalized spacial score (nSPS) is 14.6. The molecule has 0 amide bonds. The van der Waals surface area contributed by atoms with Gasteiger partial charge in [-0.05, 0) is 37.6 Å². The number of rotatable bonds is 8. The van der Waals surface area contributed by atoms with E-state index in [9.17, 15) is 0 Å². The Balaban J connectivity index is 1.72. The van der Waals surface area contributed by atoms with Crippen LogP contribution in [0.15, 0.2) is 17.5 Å². The fraction of sp³-hybridized carbons (Fsp3) is 0.562. The molecule has 2 aromatic rings. The number of nitrogens with zero attached hydrogens (tertiary/aromatic N) is 2. The lowest BCUT2D eigenvalue weighted by Crippen LogP contribution is -2.21. The lowest BCUT2D eigenvalue weighted by atomic mass is 10.3. The molecule has 3 rings (SSSR count). The van der Waals surface area contributed by atoms with Crippen molar-refractivity contribution in [1.29, 1.82) is 0 Å². The molecule has 1 saturated carbocycles. The highest BCUT2D eigenvalue weighted by Crippen LogP contribution is 2.29. The first kappa shape index (κ1) is 15.0. The van der Waals surface area contributed by atoms with Gasteiger partial charge in [-0.3, -0.25) is 0 Å². The second-order valence-corrected chi connectivity index (χ2v) is 7.56. The molecule has 1 N–H and O–H groups in total. The minimum Gasteiger partial charge on any atom is -0.343 e. The van der Waals surface area contributed by atoms with E-state index in [-0.39, 0.29) is 0 Å². The number of hydrogen-bond acceptors (Lipinski definition) is 5. The molecular formula is C16H23N3S2. The van der Waals surface area contributed by atoms with Gasteiger partial charge in [-0.25, -0.2) is 4.98 Å². The van der Waals surface area contributed by atoms with Crippen LogP contribution in [-0.2, 0) is 19.5 Å². The summed E-state index contributed by atoms with van der Waals surface area (Å²) in [6.07, 6.45) is 3.70. The second-order valence-electron chi connectivity index (χ2n) is 5.47. The van der Waals surface area contributed by atoms with Crippen LogP contribution in [0.3, 0.4) is 0 Å². The molecular weight excluding hydrogens is 298 g/mol. The summed E-state index contributed by atoms with van der Waals surface area (Å²) in [5, 5.41) is 6.94. The summed E-state index contributed by atoms with van der Waals surface area (Å²) < 4.78 is 0. The van der Waals surface area contributed by atoms with Crippen molar-refractivity contribution < 1.29 is 0 Å². The number of hydrogen-bond donors (Lipinski definition) is 1. The zero-order valence-corrected chi connectivity index (χ0v) is 14.4. The Morgan fingerprint density at radius 1 is 1.38 bits per heavy atom. The van der Waals surface area contributed by atoms with Gasteiger partial charge >= 0.3 is 0 Å². The Morgan fingerprint density at radius 3 is 2.86 bits per heavy atom. The van der Waals surface area contributed by atoms with Gasteiger partial charge in [0.15, 0.2) is 5.13 Å². The molecule has 1 aliphatic carbocycles. The average molecular weight is 322 g/mol. The second kappa shape index (κ2) is 6.90. The number of aromatic nitrogens is 1. The highest BCUT2D eigenvalue weighted by atomic mass is 32.1.